The van der Waals surface area contributed by atoms with Crippen molar-refractivity contribution in [3.05, 3.63) is 17.4 Å². The fraction of sp³-hybridized carbons (Fsp3) is 0.571. The molecule has 0 saturated heterocycles. The Morgan fingerprint density at radius 2 is 2.05 bits per heavy atom. The molecule has 4 nitrogen and oxygen atoms in total. The zero-order chi connectivity index (χ0) is 14.0. The van der Waals surface area contributed by atoms with Crippen molar-refractivity contribution in [1.29, 1.82) is 0 Å². The first-order chi connectivity index (χ1) is 9.01. The fourth-order valence-corrected chi connectivity index (χ4v) is 2.15. The second kappa shape index (κ2) is 5.25. The molecule has 0 spiro atoms. The molecule has 1 aromatic carbocycles. The summed E-state index contributed by atoms with van der Waals surface area (Å²) in [4.78, 5) is 0. The molecule has 0 unspecified atom stereocenters. The van der Waals surface area contributed by atoms with E-state index in [-0.39, 0.29) is 12.4 Å². The van der Waals surface area contributed by atoms with E-state index in [0.29, 0.717) is 30.3 Å². The van der Waals surface area contributed by atoms with Crippen LogP contribution in [0.5, 0.6) is 17.2 Å². The molecule has 106 valence electrons. The predicted octanol–water partition coefficient (Wildman–Crippen LogP) is 2.27. The summed E-state index contributed by atoms with van der Waals surface area (Å²) >= 11 is 0. The molecule has 1 aromatic rings. The van der Waals surface area contributed by atoms with Gasteiger partial charge in [-0.2, -0.15) is 0 Å². The quantitative estimate of drug-likeness (QED) is 0.915. The Labute approximate surface area is 112 Å². The van der Waals surface area contributed by atoms with Crippen molar-refractivity contribution in [2.24, 2.45) is 0 Å². The zero-order valence-electron chi connectivity index (χ0n) is 11.5. The summed E-state index contributed by atoms with van der Waals surface area (Å²) in [6.07, 6.45) is 0.734. The first-order valence-electron chi connectivity index (χ1n) is 6.28. The number of fused-ring (bicyclic) bond motifs is 1. The Kier molecular flexibility index (Phi) is 3.85. The van der Waals surface area contributed by atoms with Gasteiger partial charge in [0.1, 0.15) is 0 Å². The minimum absolute atomic E-state index is 0.100. The number of aliphatic hydroxyl groups is 1. The van der Waals surface area contributed by atoms with Gasteiger partial charge in [0.15, 0.2) is 23.1 Å². The molecule has 0 bridgehead atoms. The van der Waals surface area contributed by atoms with Gasteiger partial charge in [-0.1, -0.05) is 13.8 Å². The molecule has 0 amide bonds. The van der Waals surface area contributed by atoms with Gasteiger partial charge in [-0.15, -0.1) is 0 Å². The third kappa shape index (κ3) is 2.47. The molecule has 0 radical (unpaired) electrons. The number of methoxy groups -OCH3 is 1. The summed E-state index contributed by atoms with van der Waals surface area (Å²) in [5.41, 5.74) is -0.181. The van der Waals surface area contributed by atoms with Crippen molar-refractivity contribution in [3.63, 3.8) is 0 Å². The maximum Gasteiger partial charge on any atom is 0.169 e. The van der Waals surface area contributed by atoms with Gasteiger partial charge in [0, 0.05) is 17.9 Å². The van der Waals surface area contributed by atoms with E-state index in [0.717, 1.165) is 6.42 Å². The molecule has 19 heavy (non-hydrogen) atoms. The highest BCUT2D eigenvalue weighted by Gasteiger charge is 2.33. The Morgan fingerprint density at radius 1 is 1.37 bits per heavy atom. The van der Waals surface area contributed by atoms with Gasteiger partial charge in [-0.05, 0) is 0 Å². The van der Waals surface area contributed by atoms with E-state index in [1.807, 2.05) is 0 Å². The number of ether oxygens (including phenoxy) is 3. The van der Waals surface area contributed by atoms with Crippen molar-refractivity contribution < 1.29 is 23.7 Å². The van der Waals surface area contributed by atoms with Crippen LogP contribution in [0.25, 0.3) is 0 Å². The highest BCUT2D eigenvalue weighted by atomic mass is 19.1. The van der Waals surface area contributed by atoms with Crippen molar-refractivity contribution in [3.8, 4) is 17.2 Å². The van der Waals surface area contributed by atoms with E-state index in [1.165, 1.54) is 13.2 Å². The maximum absolute atomic E-state index is 14.1. The van der Waals surface area contributed by atoms with E-state index in [9.17, 15) is 9.50 Å². The Morgan fingerprint density at radius 3 is 2.68 bits per heavy atom. The Hall–Kier alpha value is -1.49. The smallest absolute Gasteiger partial charge is 0.169 e. The van der Waals surface area contributed by atoms with Gasteiger partial charge in [-0.3, -0.25) is 0 Å². The Balaban J connectivity index is 2.69. The highest BCUT2D eigenvalue weighted by Crippen LogP contribution is 2.46. The molecule has 1 heterocycles. The molecule has 0 aromatic heterocycles. The lowest BCUT2D eigenvalue weighted by atomic mass is 9.83. The molecule has 0 fully saturated rings. The van der Waals surface area contributed by atoms with Crippen LogP contribution in [0.1, 0.15) is 25.8 Å². The average Bonchev–Trinajstić information content (AvgIpc) is 2.61. The van der Waals surface area contributed by atoms with Gasteiger partial charge in [0.05, 0.1) is 32.5 Å². The van der Waals surface area contributed by atoms with Gasteiger partial charge in [0.25, 0.3) is 0 Å². The number of rotatable bonds is 3. The molecule has 2 rings (SSSR count). The monoisotopic (exact) mass is 270 g/mol. The van der Waals surface area contributed by atoms with E-state index in [4.69, 9.17) is 14.2 Å². The summed E-state index contributed by atoms with van der Waals surface area (Å²) in [6.45, 7) is 4.44. The van der Waals surface area contributed by atoms with Crippen LogP contribution in [-0.4, -0.2) is 32.0 Å². The maximum atomic E-state index is 14.1. The van der Waals surface area contributed by atoms with Crippen LogP contribution < -0.4 is 14.2 Å². The van der Waals surface area contributed by atoms with Crippen molar-refractivity contribution in [2.75, 3.05) is 26.9 Å². The molecule has 5 heteroatoms. The Bertz CT molecular complexity index is 471. The number of aliphatic hydroxyl groups excluding tert-OH is 1. The lowest BCUT2D eigenvalue weighted by molar-refractivity contribution is 0.206. The fourth-order valence-electron chi connectivity index (χ4n) is 2.15. The number of halogens is 1. The second-order valence-corrected chi connectivity index (χ2v) is 5.19. The van der Waals surface area contributed by atoms with Crippen LogP contribution in [0.15, 0.2) is 6.07 Å². The molecule has 1 aliphatic rings. The molecule has 1 aliphatic heterocycles. The lowest BCUT2D eigenvalue weighted by Crippen LogP contribution is -2.24. The molecule has 0 aliphatic carbocycles. The van der Waals surface area contributed by atoms with E-state index in [2.05, 4.69) is 0 Å². The minimum Gasteiger partial charge on any atom is -0.493 e. The number of hydrogen-bond donors (Lipinski definition) is 1. The largest absolute Gasteiger partial charge is 0.493 e. The third-order valence-corrected chi connectivity index (χ3v) is 3.22. The SMILES string of the molecule is COc1c(F)cc2c(c1C(C)(C)CO)OCCCO2. The molecule has 0 atom stereocenters. The topological polar surface area (TPSA) is 47.9 Å². The van der Waals surface area contributed by atoms with Crippen molar-refractivity contribution in [2.45, 2.75) is 25.7 Å². The lowest BCUT2D eigenvalue weighted by Gasteiger charge is -2.28. The highest BCUT2D eigenvalue weighted by molar-refractivity contribution is 5.58. The van der Waals surface area contributed by atoms with Gasteiger partial charge in [0.2, 0.25) is 0 Å². The summed E-state index contributed by atoms with van der Waals surface area (Å²) in [7, 11) is 1.40. The molecular formula is C14H19FO4. The average molecular weight is 270 g/mol. The van der Waals surface area contributed by atoms with Crippen LogP contribution in [-0.2, 0) is 5.41 Å². The van der Waals surface area contributed by atoms with Crippen LogP contribution >= 0.6 is 0 Å². The predicted molar refractivity (Wildman–Crippen MR) is 68.7 cm³/mol. The molecule has 0 saturated carbocycles. The van der Waals surface area contributed by atoms with E-state index < -0.39 is 11.2 Å². The first kappa shape index (κ1) is 13.9. The summed E-state index contributed by atoms with van der Waals surface area (Å²) in [6, 6.07) is 1.27. The standard InChI is InChI=1S/C14H19FO4/c1-14(2,8-16)11-12(17-3)9(15)7-10-13(11)19-6-4-5-18-10/h7,16H,4-6,8H2,1-3H3. The number of hydrogen-bond acceptors (Lipinski definition) is 4. The van der Waals surface area contributed by atoms with E-state index in [1.54, 1.807) is 13.8 Å². The molecular weight excluding hydrogens is 251 g/mol. The van der Waals surface area contributed by atoms with Crippen molar-refractivity contribution >= 4 is 0 Å². The second-order valence-electron chi connectivity index (χ2n) is 5.19. The summed E-state index contributed by atoms with van der Waals surface area (Å²) in [5, 5.41) is 9.56. The van der Waals surface area contributed by atoms with Crippen LogP contribution in [0, 0.1) is 5.82 Å². The third-order valence-electron chi connectivity index (χ3n) is 3.22. The molecule has 1 N–H and O–H groups in total. The number of benzene rings is 1. The van der Waals surface area contributed by atoms with Crippen molar-refractivity contribution in [1.82, 2.24) is 0 Å². The zero-order valence-corrected chi connectivity index (χ0v) is 11.5. The summed E-state index contributed by atoms with van der Waals surface area (Å²) in [5.74, 6) is 0.425. The van der Waals surface area contributed by atoms with Crippen LogP contribution in [0.3, 0.4) is 0 Å². The summed E-state index contributed by atoms with van der Waals surface area (Å²) < 4.78 is 30.4. The first-order valence-corrected chi connectivity index (χ1v) is 6.28. The minimum atomic E-state index is -0.689. The van der Waals surface area contributed by atoms with E-state index >= 15 is 0 Å². The van der Waals surface area contributed by atoms with Gasteiger partial charge in [-0.25, -0.2) is 4.39 Å². The van der Waals surface area contributed by atoms with Gasteiger partial charge >= 0.3 is 0 Å². The van der Waals surface area contributed by atoms with Gasteiger partial charge < -0.3 is 19.3 Å². The normalized spacial score (nSPS) is 15.0. The van der Waals surface area contributed by atoms with Crippen LogP contribution in [0.4, 0.5) is 4.39 Å². The van der Waals surface area contributed by atoms with Crippen LogP contribution in [0.2, 0.25) is 0 Å².